The summed E-state index contributed by atoms with van der Waals surface area (Å²) in [5.74, 6) is 1.95. The van der Waals surface area contributed by atoms with Gasteiger partial charge in [0.05, 0.1) is 0 Å². The predicted molar refractivity (Wildman–Crippen MR) is 52.1 cm³/mol. The van der Waals surface area contributed by atoms with Gasteiger partial charge in [0.15, 0.2) is 0 Å². The summed E-state index contributed by atoms with van der Waals surface area (Å²) in [4.78, 5) is 12.8. The van der Waals surface area contributed by atoms with Crippen molar-refractivity contribution in [1.29, 1.82) is 0 Å². The van der Waals surface area contributed by atoms with Crippen LogP contribution in [0.25, 0.3) is 0 Å². The Hall–Kier alpha value is -1.01. The number of carbonyl (C=O) groups excluding carboxylic acids is 1. The van der Waals surface area contributed by atoms with Gasteiger partial charge in [0.25, 0.3) is 5.91 Å². The van der Waals surface area contributed by atoms with Gasteiger partial charge < -0.3 is 10.2 Å². The minimum atomic E-state index is -0.187. The highest BCUT2D eigenvalue weighted by Crippen LogP contribution is 2.09. The molecule has 0 unspecified atom stereocenters. The first-order chi connectivity index (χ1) is 6.13. The first-order valence-electron chi connectivity index (χ1n) is 4.65. The van der Waals surface area contributed by atoms with Crippen LogP contribution in [0, 0.1) is 12.3 Å². The third-order valence-corrected chi connectivity index (χ3v) is 2.17. The third kappa shape index (κ3) is 2.74. The number of terminal acetylenes is 1. The Morgan fingerprint density at radius 3 is 2.92 bits per heavy atom. The highest BCUT2D eigenvalue weighted by atomic mass is 16.2. The molecule has 0 aromatic carbocycles. The van der Waals surface area contributed by atoms with Gasteiger partial charge in [-0.3, -0.25) is 4.79 Å². The first kappa shape index (κ1) is 10.1. The molecule has 0 radical (unpaired) electrons. The largest absolute Gasteiger partial charge is 0.330 e. The molecule has 1 heterocycles. The van der Waals surface area contributed by atoms with Crippen molar-refractivity contribution < 1.29 is 4.79 Å². The average molecular weight is 180 g/mol. The number of amides is 1. The van der Waals surface area contributed by atoms with E-state index in [1.54, 1.807) is 4.90 Å². The van der Waals surface area contributed by atoms with E-state index in [0.717, 1.165) is 19.5 Å². The van der Waals surface area contributed by atoms with Crippen molar-refractivity contribution in [3.05, 3.63) is 0 Å². The molecule has 0 aromatic heterocycles. The summed E-state index contributed by atoms with van der Waals surface area (Å²) < 4.78 is 0. The van der Waals surface area contributed by atoms with Crippen molar-refractivity contribution >= 4 is 5.91 Å². The van der Waals surface area contributed by atoms with Crippen LogP contribution in [-0.4, -0.2) is 36.0 Å². The minimum absolute atomic E-state index is 0.187. The van der Waals surface area contributed by atoms with Crippen LogP contribution in [0.1, 0.15) is 20.3 Å². The minimum Gasteiger partial charge on any atom is -0.330 e. The van der Waals surface area contributed by atoms with E-state index in [1.807, 2.05) is 0 Å². The number of rotatable bonds is 2. The van der Waals surface area contributed by atoms with Crippen molar-refractivity contribution in [2.24, 2.45) is 0 Å². The molecule has 1 atom stereocenters. The lowest BCUT2D eigenvalue weighted by Crippen LogP contribution is -2.38. The van der Waals surface area contributed by atoms with Crippen molar-refractivity contribution in [2.75, 3.05) is 13.1 Å². The molecule has 1 rings (SSSR count). The summed E-state index contributed by atoms with van der Waals surface area (Å²) in [5, 5.41) is 3.39. The van der Waals surface area contributed by atoms with E-state index in [4.69, 9.17) is 6.42 Å². The predicted octanol–water partition coefficient (Wildman–Crippen LogP) is 0.218. The Morgan fingerprint density at radius 1 is 1.69 bits per heavy atom. The van der Waals surface area contributed by atoms with Crippen LogP contribution in [0.2, 0.25) is 0 Å². The lowest BCUT2D eigenvalue weighted by Gasteiger charge is -2.16. The smallest absolute Gasteiger partial charge is 0.298 e. The van der Waals surface area contributed by atoms with Gasteiger partial charge in [0.1, 0.15) is 0 Å². The number of likely N-dealkylation sites (tertiary alicyclic amines) is 1. The van der Waals surface area contributed by atoms with Crippen molar-refractivity contribution in [3.8, 4) is 12.3 Å². The van der Waals surface area contributed by atoms with Gasteiger partial charge in [-0.05, 0) is 12.3 Å². The monoisotopic (exact) mass is 180 g/mol. The van der Waals surface area contributed by atoms with Crippen LogP contribution in [0.4, 0.5) is 0 Å². The number of hydrogen-bond acceptors (Lipinski definition) is 2. The Labute approximate surface area is 79.5 Å². The molecule has 0 bridgehead atoms. The van der Waals surface area contributed by atoms with E-state index >= 15 is 0 Å². The second-order valence-electron chi connectivity index (χ2n) is 3.70. The molecule has 1 saturated heterocycles. The Kier molecular flexibility index (Phi) is 3.32. The maximum atomic E-state index is 11.1. The van der Waals surface area contributed by atoms with E-state index in [0.29, 0.717) is 12.1 Å². The van der Waals surface area contributed by atoms with Gasteiger partial charge in [0.2, 0.25) is 0 Å². The summed E-state index contributed by atoms with van der Waals surface area (Å²) in [5.41, 5.74) is 0. The standard InChI is InChI=1S/C10H16N2O/c1-4-10(13)12-6-5-9(7-12)11-8(2)3/h1,8-9,11H,5-7H2,2-3H3/t9-/m0/s1. The summed E-state index contributed by atoms with van der Waals surface area (Å²) in [7, 11) is 0. The summed E-state index contributed by atoms with van der Waals surface area (Å²) in [6.07, 6.45) is 6.04. The number of hydrogen-bond donors (Lipinski definition) is 1. The summed E-state index contributed by atoms with van der Waals surface area (Å²) >= 11 is 0. The van der Waals surface area contributed by atoms with Crippen molar-refractivity contribution in [3.63, 3.8) is 0 Å². The zero-order valence-electron chi connectivity index (χ0n) is 8.21. The SMILES string of the molecule is C#CC(=O)N1CC[C@H](NC(C)C)C1. The fourth-order valence-corrected chi connectivity index (χ4v) is 1.64. The van der Waals surface area contributed by atoms with E-state index < -0.39 is 0 Å². The Morgan fingerprint density at radius 2 is 2.38 bits per heavy atom. The molecule has 1 aliphatic heterocycles. The molecule has 72 valence electrons. The number of nitrogens with one attached hydrogen (secondary N) is 1. The maximum Gasteiger partial charge on any atom is 0.298 e. The molecule has 3 heteroatoms. The topological polar surface area (TPSA) is 32.3 Å². The van der Waals surface area contributed by atoms with Crippen LogP contribution in [0.15, 0.2) is 0 Å². The lowest BCUT2D eigenvalue weighted by atomic mass is 10.2. The van der Waals surface area contributed by atoms with Gasteiger partial charge in [-0.25, -0.2) is 0 Å². The lowest BCUT2D eigenvalue weighted by molar-refractivity contribution is -0.124. The molecular weight excluding hydrogens is 164 g/mol. The van der Waals surface area contributed by atoms with Crippen molar-refractivity contribution in [2.45, 2.75) is 32.4 Å². The van der Waals surface area contributed by atoms with E-state index in [9.17, 15) is 4.79 Å². The number of nitrogens with zero attached hydrogens (tertiary/aromatic N) is 1. The molecule has 13 heavy (non-hydrogen) atoms. The van der Waals surface area contributed by atoms with Crippen LogP contribution in [-0.2, 0) is 4.79 Å². The van der Waals surface area contributed by atoms with E-state index in [1.165, 1.54) is 0 Å². The normalized spacial score (nSPS) is 22.0. The molecule has 0 saturated carbocycles. The second-order valence-corrected chi connectivity index (χ2v) is 3.70. The van der Waals surface area contributed by atoms with Gasteiger partial charge in [0, 0.05) is 25.2 Å². The summed E-state index contributed by atoms with van der Waals surface area (Å²) in [6, 6.07) is 0.878. The molecule has 1 N–H and O–H groups in total. The van der Waals surface area contributed by atoms with Gasteiger partial charge >= 0.3 is 0 Å². The second kappa shape index (κ2) is 4.29. The molecule has 0 spiro atoms. The highest BCUT2D eigenvalue weighted by Gasteiger charge is 2.24. The van der Waals surface area contributed by atoms with Crippen LogP contribution in [0.3, 0.4) is 0 Å². The molecule has 1 aliphatic rings. The fraction of sp³-hybridized carbons (Fsp3) is 0.700. The Bertz CT molecular complexity index is 230. The third-order valence-electron chi connectivity index (χ3n) is 2.17. The van der Waals surface area contributed by atoms with Gasteiger partial charge in [-0.1, -0.05) is 13.8 Å². The average Bonchev–Trinajstić information content (AvgIpc) is 2.50. The zero-order valence-corrected chi connectivity index (χ0v) is 8.21. The van der Waals surface area contributed by atoms with E-state index in [2.05, 4.69) is 25.1 Å². The molecule has 0 aromatic rings. The summed E-state index contributed by atoms with van der Waals surface area (Å²) in [6.45, 7) is 5.74. The number of carbonyl (C=O) groups is 1. The molecule has 1 amide bonds. The zero-order chi connectivity index (χ0) is 9.84. The highest BCUT2D eigenvalue weighted by molar-refractivity contribution is 5.93. The fourth-order valence-electron chi connectivity index (χ4n) is 1.64. The van der Waals surface area contributed by atoms with Crippen LogP contribution < -0.4 is 5.32 Å². The molecular formula is C10H16N2O. The van der Waals surface area contributed by atoms with Crippen LogP contribution in [0.5, 0.6) is 0 Å². The van der Waals surface area contributed by atoms with Crippen LogP contribution >= 0.6 is 0 Å². The first-order valence-corrected chi connectivity index (χ1v) is 4.65. The van der Waals surface area contributed by atoms with Crippen molar-refractivity contribution in [1.82, 2.24) is 10.2 Å². The quantitative estimate of drug-likeness (QED) is 0.616. The van der Waals surface area contributed by atoms with Gasteiger partial charge in [-0.15, -0.1) is 6.42 Å². The Balaban J connectivity index is 2.37. The van der Waals surface area contributed by atoms with Gasteiger partial charge in [-0.2, -0.15) is 0 Å². The maximum absolute atomic E-state index is 11.1. The molecule has 1 fully saturated rings. The van der Waals surface area contributed by atoms with E-state index in [-0.39, 0.29) is 5.91 Å². The molecule has 3 nitrogen and oxygen atoms in total. The molecule has 0 aliphatic carbocycles.